The molecule has 1 atom stereocenters. The zero-order valence-electron chi connectivity index (χ0n) is 14.3. The van der Waals surface area contributed by atoms with Gasteiger partial charge < -0.3 is 15.5 Å². The first-order valence-corrected chi connectivity index (χ1v) is 8.29. The Morgan fingerprint density at radius 3 is 2.48 bits per heavy atom. The third kappa shape index (κ3) is 5.67. The van der Waals surface area contributed by atoms with Crippen LogP contribution < -0.4 is 10.6 Å². The van der Waals surface area contributed by atoms with Gasteiger partial charge in [-0.15, -0.1) is 0 Å². The molecule has 1 aliphatic rings. The molecule has 23 heavy (non-hydrogen) atoms. The van der Waals surface area contributed by atoms with Gasteiger partial charge in [-0.05, 0) is 70.0 Å². The van der Waals surface area contributed by atoms with Gasteiger partial charge in [0.25, 0.3) is 0 Å². The monoisotopic (exact) mass is 317 g/mol. The van der Waals surface area contributed by atoms with E-state index in [4.69, 9.17) is 0 Å². The van der Waals surface area contributed by atoms with Crippen LogP contribution in [0.1, 0.15) is 36.8 Å². The van der Waals surface area contributed by atoms with Gasteiger partial charge >= 0.3 is 0 Å². The number of carbonyl (C=O) groups is 2. The van der Waals surface area contributed by atoms with Crippen molar-refractivity contribution in [2.24, 2.45) is 0 Å². The van der Waals surface area contributed by atoms with Crippen molar-refractivity contribution in [2.45, 2.75) is 45.6 Å². The number of nitrogens with zero attached hydrogens (tertiary/aromatic N) is 1. The van der Waals surface area contributed by atoms with Gasteiger partial charge in [-0.3, -0.25) is 9.59 Å². The van der Waals surface area contributed by atoms with Crippen LogP contribution in [0.3, 0.4) is 0 Å². The molecule has 1 aromatic carbocycles. The molecule has 1 fully saturated rings. The van der Waals surface area contributed by atoms with Crippen LogP contribution in [0.15, 0.2) is 18.2 Å². The standard InChI is InChI=1S/C18H27N3O2/c1-13-9-14(2)11-15(10-13)20-18(23)12-17(22)19-7-6-16-5-4-8-21(16)3/h9-11,16H,4-8,12H2,1-3H3,(H,19,22)(H,20,23)/t16-/m0/s1. The molecule has 0 aromatic heterocycles. The molecule has 2 N–H and O–H groups in total. The molecular weight excluding hydrogens is 290 g/mol. The molecule has 1 heterocycles. The number of anilines is 1. The Morgan fingerprint density at radius 2 is 1.87 bits per heavy atom. The molecule has 2 rings (SSSR count). The molecule has 0 aliphatic carbocycles. The number of amides is 2. The van der Waals surface area contributed by atoms with E-state index in [0.29, 0.717) is 12.6 Å². The Hall–Kier alpha value is -1.88. The summed E-state index contributed by atoms with van der Waals surface area (Å²) in [5, 5.41) is 5.63. The average molecular weight is 317 g/mol. The number of hydrogen-bond donors (Lipinski definition) is 2. The summed E-state index contributed by atoms with van der Waals surface area (Å²) in [4.78, 5) is 26.1. The van der Waals surface area contributed by atoms with Crippen LogP contribution in [-0.2, 0) is 9.59 Å². The second-order valence-electron chi connectivity index (χ2n) is 6.52. The Labute approximate surface area is 138 Å². The molecule has 0 spiro atoms. The highest BCUT2D eigenvalue weighted by Gasteiger charge is 2.20. The molecule has 5 nitrogen and oxygen atoms in total. The summed E-state index contributed by atoms with van der Waals surface area (Å²) in [5.74, 6) is -0.488. The lowest BCUT2D eigenvalue weighted by Crippen LogP contribution is -2.33. The van der Waals surface area contributed by atoms with Crippen molar-refractivity contribution in [1.82, 2.24) is 10.2 Å². The van der Waals surface area contributed by atoms with Gasteiger partial charge in [0.15, 0.2) is 0 Å². The third-order valence-electron chi connectivity index (χ3n) is 4.30. The number of rotatable bonds is 6. The van der Waals surface area contributed by atoms with Crippen molar-refractivity contribution in [1.29, 1.82) is 0 Å². The molecule has 0 radical (unpaired) electrons. The van der Waals surface area contributed by atoms with Crippen molar-refractivity contribution in [3.05, 3.63) is 29.3 Å². The first kappa shape index (κ1) is 17.5. The molecule has 1 aromatic rings. The number of aryl methyl sites for hydroxylation is 2. The van der Waals surface area contributed by atoms with Gasteiger partial charge in [-0.25, -0.2) is 0 Å². The predicted molar refractivity (Wildman–Crippen MR) is 92.4 cm³/mol. The lowest BCUT2D eigenvalue weighted by Gasteiger charge is -2.19. The summed E-state index contributed by atoms with van der Waals surface area (Å²) in [7, 11) is 2.12. The third-order valence-corrected chi connectivity index (χ3v) is 4.30. The quantitative estimate of drug-likeness (QED) is 0.791. The van der Waals surface area contributed by atoms with Crippen LogP contribution in [-0.4, -0.2) is 42.9 Å². The van der Waals surface area contributed by atoms with Crippen LogP contribution in [0.2, 0.25) is 0 Å². The summed E-state index contributed by atoms with van der Waals surface area (Å²) in [6, 6.07) is 6.40. The molecule has 1 saturated heterocycles. The van der Waals surface area contributed by atoms with Crippen molar-refractivity contribution in [3.8, 4) is 0 Å². The fourth-order valence-electron chi connectivity index (χ4n) is 3.18. The van der Waals surface area contributed by atoms with Crippen molar-refractivity contribution in [3.63, 3.8) is 0 Å². The predicted octanol–water partition coefficient (Wildman–Crippen LogP) is 2.23. The fraction of sp³-hybridized carbons (Fsp3) is 0.556. The van der Waals surface area contributed by atoms with Crippen LogP contribution >= 0.6 is 0 Å². The molecule has 1 aliphatic heterocycles. The maximum Gasteiger partial charge on any atom is 0.233 e. The van der Waals surface area contributed by atoms with Crippen LogP contribution in [0, 0.1) is 13.8 Å². The van der Waals surface area contributed by atoms with E-state index in [1.165, 1.54) is 12.8 Å². The smallest absolute Gasteiger partial charge is 0.233 e. The zero-order chi connectivity index (χ0) is 16.8. The SMILES string of the molecule is Cc1cc(C)cc(NC(=O)CC(=O)NCC[C@@H]2CCCN2C)c1. The van der Waals surface area contributed by atoms with Gasteiger partial charge in [0.1, 0.15) is 6.42 Å². The van der Waals surface area contributed by atoms with E-state index in [1.54, 1.807) is 0 Å². The van der Waals surface area contributed by atoms with Gasteiger partial charge in [-0.2, -0.15) is 0 Å². The number of likely N-dealkylation sites (tertiary alicyclic amines) is 1. The van der Waals surface area contributed by atoms with E-state index >= 15 is 0 Å². The highest BCUT2D eigenvalue weighted by Crippen LogP contribution is 2.17. The number of nitrogens with one attached hydrogen (secondary N) is 2. The maximum atomic E-state index is 11.9. The molecule has 5 heteroatoms. The van der Waals surface area contributed by atoms with E-state index in [-0.39, 0.29) is 18.2 Å². The highest BCUT2D eigenvalue weighted by atomic mass is 16.2. The normalized spacial score (nSPS) is 18.0. The van der Waals surface area contributed by atoms with Crippen molar-refractivity contribution in [2.75, 3.05) is 25.5 Å². The second kappa shape index (κ2) is 8.11. The molecule has 0 saturated carbocycles. The molecule has 126 valence electrons. The largest absolute Gasteiger partial charge is 0.356 e. The minimum atomic E-state index is -0.273. The number of carbonyl (C=O) groups excluding carboxylic acids is 2. The lowest BCUT2D eigenvalue weighted by molar-refractivity contribution is -0.126. The summed E-state index contributed by atoms with van der Waals surface area (Å²) in [6.07, 6.45) is 3.24. The first-order valence-electron chi connectivity index (χ1n) is 8.29. The second-order valence-corrected chi connectivity index (χ2v) is 6.52. The molecule has 0 unspecified atom stereocenters. The summed E-state index contributed by atoms with van der Waals surface area (Å²) >= 11 is 0. The van der Waals surface area contributed by atoms with E-state index in [9.17, 15) is 9.59 Å². The van der Waals surface area contributed by atoms with E-state index in [0.717, 1.165) is 29.8 Å². The minimum Gasteiger partial charge on any atom is -0.356 e. The number of benzene rings is 1. The maximum absolute atomic E-state index is 11.9. The van der Waals surface area contributed by atoms with Crippen molar-refractivity contribution >= 4 is 17.5 Å². The molecule has 0 bridgehead atoms. The van der Waals surface area contributed by atoms with Crippen LogP contribution in [0.5, 0.6) is 0 Å². The zero-order valence-corrected chi connectivity index (χ0v) is 14.3. The molecular formula is C18H27N3O2. The summed E-state index contributed by atoms with van der Waals surface area (Å²) in [5.41, 5.74) is 2.92. The first-order chi connectivity index (χ1) is 10.9. The van der Waals surface area contributed by atoms with Gasteiger partial charge in [0, 0.05) is 18.3 Å². The topological polar surface area (TPSA) is 61.4 Å². The minimum absolute atomic E-state index is 0.131. The summed E-state index contributed by atoms with van der Waals surface area (Å²) < 4.78 is 0. The summed E-state index contributed by atoms with van der Waals surface area (Å²) in [6.45, 7) is 5.73. The van der Waals surface area contributed by atoms with Crippen LogP contribution in [0.25, 0.3) is 0 Å². The lowest BCUT2D eigenvalue weighted by atomic mass is 10.1. The highest BCUT2D eigenvalue weighted by molar-refractivity contribution is 6.03. The molecule has 2 amide bonds. The van der Waals surface area contributed by atoms with Gasteiger partial charge in [0.05, 0.1) is 0 Å². The Bertz CT molecular complexity index is 551. The number of hydrogen-bond acceptors (Lipinski definition) is 3. The average Bonchev–Trinajstić information content (AvgIpc) is 2.83. The van der Waals surface area contributed by atoms with Crippen LogP contribution in [0.4, 0.5) is 5.69 Å². The Kier molecular flexibility index (Phi) is 6.16. The van der Waals surface area contributed by atoms with Gasteiger partial charge in [-0.1, -0.05) is 6.07 Å². The Balaban J connectivity index is 1.71. The van der Waals surface area contributed by atoms with Gasteiger partial charge in [0.2, 0.25) is 11.8 Å². The van der Waals surface area contributed by atoms with E-state index in [1.807, 2.05) is 32.0 Å². The Morgan fingerprint density at radius 1 is 1.17 bits per heavy atom. The fourth-order valence-corrected chi connectivity index (χ4v) is 3.18. The van der Waals surface area contributed by atoms with Crippen molar-refractivity contribution < 1.29 is 9.59 Å². The van der Waals surface area contributed by atoms with E-state index < -0.39 is 0 Å². The van der Waals surface area contributed by atoms with E-state index in [2.05, 4.69) is 22.6 Å².